The molecular weight excluding hydrogens is 200 g/mol. The fraction of sp³-hybridized carbons (Fsp3) is 0. The van der Waals surface area contributed by atoms with Gasteiger partial charge in [-0.2, -0.15) is 0 Å². The Kier molecular flexibility index (Phi) is 3.07. The van der Waals surface area contributed by atoms with Gasteiger partial charge in [-0.3, -0.25) is 0 Å². The molecule has 0 bridgehead atoms. The Hall–Kier alpha value is -2.30. The van der Waals surface area contributed by atoms with Crippen LogP contribution in [0.3, 0.4) is 0 Å². The van der Waals surface area contributed by atoms with E-state index < -0.39 is 17.7 Å². The summed E-state index contributed by atoms with van der Waals surface area (Å²) in [7, 11) is 0. The summed E-state index contributed by atoms with van der Waals surface area (Å²) in [6, 6.07) is 4.89. The molecule has 0 aliphatic carbocycles. The summed E-state index contributed by atoms with van der Waals surface area (Å²) in [5.41, 5.74) is -0.222. The fourth-order valence-corrected chi connectivity index (χ4v) is 0.958. The van der Waals surface area contributed by atoms with Crippen molar-refractivity contribution in [3.05, 3.63) is 35.4 Å². The molecule has 0 amide bonds. The lowest BCUT2D eigenvalue weighted by Crippen LogP contribution is -1.97. The van der Waals surface area contributed by atoms with Gasteiger partial charge >= 0.3 is 11.9 Å². The zero-order valence-corrected chi connectivity index (χ0v) is 7.47. The van der Waals surface area contributed by atoms with Crippen molar-refractivity contribution in [3.8, 4) is 5.75 Å². The van der Waals surface area contributed by atoms with Crippen molar-refractivity contribution in [2.24, 2.45) is 0 Å². The van der Waals surface area contributed by atoms with E-state index in [-0.39, 0.29) is 11.1 Å². The van der Waals surface area contributed by atoms with E-state index in [0.717, 1.165) is 18.2 Å². The predicted octanol–water partition coefficient (Wildman–Crippen LogP) is 0.988. The Morgan fingerprint density at radius 1 is 1.27 bits per heavy atom. The Labute approximate surface area is 84.9 Å². The fourth-order valence-electron chi connectivity index (χ4n) is 0.958. The Bertz CT molecular complexity index is 433. The number of aliphatic carboxylic acids is 1. The van der Waals surface area contributed by atoms with Gasteiger partial charge in [-0.05, 0) is 24.3 Å². The van der Waals surface area contributed by atoms with Crippen molar-refractivity contribution in [3.63, 3.8) is 0 Å². The summed E-state index contributed by atoms with van der Waals surface area (Å²) < 4.78 is 0. The van der Waals surface area contributed by atoms with E-state index in [1.165, 1.54) is 6.07 Å². The van der Waals surface area contributed by atoms with Crippen molar-refractivity contribution in [2.45, 2.75) is 0 Å². The Morgan fingerprint density at radius 3 is 2.47 bits per heavy atom. The smallest absolute Gasteiger partial charge is 0.339 e. The third-order valence-corrected chi connectivity index (χ3v) is 1.63. The SMILES string of the molecule is O=C(O)C=Cc1c[c]cc(C(=O)O)c1O. The second-order valence-electron chi connectivity index (χ2n) is 2.65. The molecule has 0 unspecified atom stereocenters. The summed E-state index contributed by atoms with van der Waals surface area (Å²) >= 11 is 0. The van der Waals surface area contributed by atoms with Crippen molar-refractivity contribution in [1.82, 2.24) is 0 Å². The number of carboxylic acids is 2. The number of aromatic hydroxyl groups is 1. The first-order valence-corrected chi connectivity index (χ1v) is 3.89. The predicted molar refractivity (Wildman–Crippen MR) is 50.6 cm³/mol. The molecule has 77 valence electrons. The van der Waals surface area contributed by atoms with Crippen LogP contribution in [0.2, 0.25) is 0 Å². The van der Waals surface area contributed by atoms with E-state index in [1.807, 2.05) is 0 Å². The molecule has 5 heteroatoms. The Morgan fingerprint density at radius 2 is 1.93 bits per heavy atom. The quantitative estimate of drug-likeness (QED) is 0.642. The molecule has 1 aromatic rings. The molecule has 0 atom stereocenters. The molecule has 0 heterocycles. The van der Waals surface area contributed by atoms with Gasteiger partial charge in [0, 0.05) is 11.6 Å². The summed E-state index contributed by atoms with van der Waals surface area (Å²) in [6.45, 7) is 0. The highest BCUT2D eigenvalue weighted by atomic mass is 16.4. The third kappa shape index (κ3) is 2.57. The van der Waals surface area contributed by atoms with Crippen molar-refractivity contribution in [1.29, 1.82) is 0 Å². The van der Waals surface area contributed by atoms with Gasteiger partial charge in [-0.25, -0.2) is 9.59 Å². The molecule has 0 saturated heterocycles. The minimum absolute atomic E-state index is 0.0947. The minimum atomic E-state index is -1.30. The first-order valence-electron chi connectivity index (χ1n) is 3.89. The number of rotatable bonds is 3. The molecule has 0 spiro atoms. The lowest BCUT2D eigenvalue weighted by atomic mass is 10.1. The number of phenols is 1. The zero-order chi connectivity index (χ0) is 11.4. The topological polar surface area (TPSA) is 94.8 Å². The van der Waals surface area contributed by atoms with E-state index in [0.29, 0.717) is 0 Å². The monoisotopic (exact) mass is 207 g/mol. The van der Waals surface area contributed by atoms with Gasteiger partial charge in [0.15, 0.2) is 0 Å². The standard InChI is InChI=1S/C10H7O5/c11-8(12)5-4-6-2-1-3-7(9(6)13)10(14)15/h2-5,13H,(H,11,12)(H,14,15). The largest absolute Gasteiger partial charge is 0.506 e. The van der Waals surface area contributed by atoms with Crippen molar-refractivity contribution >= 4 is 18.0 Å². The van der Waals surface area contributed by atoms with Gasteiger partial charge in [0.1, 0.15) is 11.3 Å². The maximum absolute atomic E-state index is 10.6. The van der Waals surface area contributed by atoms with Crippen molar-refractivity contribution < 1.29 is 24.9 Å². The van der Waals surface area contributed by atoms with Crippen LogP contribution >= 0.6 is 0 Å². The van der Waals surface area contributed by atoms with Gasteiger partial charge in [-0.1, -0.05) is 0 Å². The first kappa shape index (κ1) is 10.8. The average molecular weight is 207 g/mol. The molecular formula is C10H7O5. The van der Waals surface area contributed by atoms with Crippen LogP contribution in [-0.2, 0) is 4.79 Å². The van der Waals surface area contributed by atoms with Gasteiger partial charge in [0.2, 0.25) is 0 Å². The molecule has 0 aromatic heterocycles. The molecule has 0 aliphatic rings. The molecule has 1 rings (SSSR count). The molecule has 3 N–H and O–H groups in total. The summed E-state index contributed by atoms with van der Waals surface area (Å²) in [6.07, 6.45) is 1.90. The number of benzene rings is 1. The maximum atomic E-state index is 10.6. The van der Waals surface area contributed by atoms with Crippen LogP contribution in [0.15, 0.2) is 18.2 Å². The minimum Gasteiger partial charge on any atom is -0.506 e. The molecule has 0 fully saturated rings. The van der Waals surface area contributed by atoms with E-state index in [9.17, 15) is 14.7 Å². The number of hydrogen-bond donors (Lipinski definition) is 3. The summed E-state index contributed by atoms with van der Waals surface area (Å²) in [5, 5.41) is 26.4. The number of carbonyl (C=O) groups is 2. The van der Waals surface area contributed by atoms with Crippen LogP contribution in [0.1, 0.15) is 15.9 Å². The average Bonchev–Trinajstić information content (AvgIpc) is 2.15. The normalized spacial score (nSPS) is 10.4. The van der Waals surface area contributed by atoms with Crippen LogP contribution in [0, 0.1) is 6.07 Å². The molecule has 0 aliphatic heterocycles. The molecule has 15 heavy (non-hydrogen) atoms. The number of aromatic carboxylic acids is 1. The van der Waals surface area contributed by atoms with Crippen LogP contribution in [0.4, 0.5) is 0 Å². The highest BCUT2D eigenvalue weighted by Crippen LogP contribution is 2.23. The lowest BCUT2D eigenvalue weighted by molar-refractivity contribution is -0.131. The molecule has 5 nitrogen and oxygen atoms in total. The second kappa shape index (κ2) is 4.28. The van der Waals surface area contributed by atoms with E-state index in [2.05, 4.69) is 6.07 Å². The van der Waals surface area contributed by atoms with Crippen LogP contribution in [0.5, 0.6) is 5.75 Å². The van der Waals surface area contributed by atoms with Crippen LogP contribution in [-0.4, -0.2) is 27.3 Å². The van der Waals surface area contributed by atoms with Crippen LogP contribution < -0.4 is 0 Å². The van der Waals surface area contributed by atoms with Crippen LogP contribution in [0.25, 0.3) is 6.08 Å². The van der Waals surface area contributed by atoms with Gasteiger partial charge in [0.05, 0.1) is 0 Å². The highest BCUT2D eigenvalue weighted by molar-refractivity contribution is 5.93. The third-order valence-electron chi connectivity index (χ3n) is 1.63. The van der Waals surface area contributed by atoms with Gasteiger partial charge in [-0.15, -0.1) is 0 Å². The maximum Gasteiger partial charge on any atom is 0.339 e. The summed E-state index contributed by atoms with van der Waals surface area (Å²) in [5.74, 6) is -2.96. The Balaban J connectivity index is 3.15. The number of hydrogen-bond acceptors (Lipinski definition) is 3. The zero-order valence-electron chi connectivity index (χ0n) is 7.47. The molecule has 1 aromatic carbocycles. The van der Waals surface area contributed by atoms with E-state index in [4.69, 9.17) is 10.2 Å². The summed E-state index contributed by atoms with van der Waals surface area (Å²) in [4.78, 5) is 20.8. The first-order chi connectivity index (χ1) is 7.02. The van der Waals surface area contributed by atoms with Gasteiger partial charge < -0.3 is 15.3 Å². The van der Waals surface area contributed by atoms with E-state index >= 15 is 0 Å². The highest BCUT2D eigenvalue weighted by Gasteiger charge is 2.11. The van der Waals surface area contributed by atoms with E-state index in [1.54, 1.807) is 0 Å². The lowest BCUT2D eigenvalue weighted by Gasteiger charge is -2.01. The van der Waals surface area contributed by atoms with Gasteiger partial charge in [0.25, 0.3) is 0 Å². The number of carboxylic acid groups (broad SMARTS) is 2. The van der Waals surface area contributed by atoms with Crippen molar-refractivity contribution in [2.75, 3.05) is 0 Å². The molecule has 1 radical (unpaired) electrons. The second-order valence-corrected chi connectivity index (χ2v) is 2.65. The molecule has 0 saturated carbocycles.